The van der Waals surface area contributed by atoms with Crippen LogP contribution in [0.2, 0.25) is 5.02 Å². The van der Waals surface area contributed by atoms with Gasteiger partial charge in [-0.2, -0.15) is 0 Å². The summed E-state index contributed by atoms with van der Waals surface area (Å²) in [5.41, 5.74) is 1.76. The van der Waals surface area contributed by atoms with Gasteiger partial charge in [-0.25, -0.2) is 4.79 Å². The number of hydrogen-bond acceptors (Lipinski definition) is 2. The van der Waals surface area contributed by atoms with Crippen LogP contribution in [0.5, 0.6) is 11.5 Å². The fourth-order valence-electron chi connectivity index (χ4n) is 1.74. The van der Waals surface area contributed by atoms with Crippen molar-refractivity contribution in [1.82, 2.24) is 0 Å². The lowest BCUT2D eigenvalue weighted by Gasteiger charge is -2.10. The molecule has 2 rings (SSSR count). The molecule has 2 aromatic rings. The smallest absolute Gasteiger partial charge is 0.328 e. The summed E-state index contributed by atoms with van der Waals surface area (Å²) in [6.07, 6.45) is 2.66. The number of carbonyl (C=O) groups is 1. The Morgan fingerprint density at radius 2 is 2.05 bits per heavy atom. The fourth-order valence-corrected chi connectivity index (χ4v) is 2.51. The Morgan fingerprint density at radius 1 is 1.29 bits per heavy atom. The minimum Gasteiger partial charge on any atom is -0.478 e. The van der Waals surface area contributed by atoms with Crippen LogP contribution in [-0.2, 0) is 4.79 Å². The van der Waals surface area contributed by atoms with Gasteiger partial charge >= 0.3 is 5.97 Å². The number of aryl methyl sites for hydroxylation is 1. The van der Waals surface area contributed by atoms with E-state index in [0.29, 0.717) is 16.5 Å². The first kappa shape index (κ1) is 15.6. The monoisotopic (exact) mass is 366 g/mol. The highest BCUT2D eigenvalue weighted by atomic mass is 79.9. The van der Waals surface area contributed by atoms with Gasteiger partial charge in [0.1, 0.15) is 11.5 Å². The van der Waals surface area contributed by atoms with Crippen LogP contribution in [0.3, 0.4) is 0 Å². The zero-order chi connectivity index (χ0) is 15.4. The van der Waals surface area contributed by atoms with Gasteiger partial charge in [-0.1, -0.05) is 17.7 Å². The lowest BCUT2D eigenvalue weighted by Crippen LogP contribution is -1.89. The van der Waals surface area contributed by atoms with E-state index in [4.69, 9.17) is 21.4 Å². The Kier molecular flexibility index (Phi) is 5.04. The molecule has 0 spiro atoms. The van der Waals surface area contributed by atoms with E-state index in [1.807, 2.05) is 19.1 Å². The van der Waals surface area contributed by atoms with Crippen molar-refractivity contribution in [2.24, 2.45) is 0 Å². The van der Waals surface area contributed by atoms with Gasteiger partial charge in [-0.3, -0.25) is 0 Å². The van der Waals surface area contributed by atoms with E-state index >= 15 is 0 Å². The predicted octanol–water partition coefficient (Wildman–Crippen LogP) is 5.30. The molecule has 0 atom stereocenters. The minimum atomic E-state index is -0.972. The van der Waals surface area contributed by atoms with E-state index in [1.165, 1.54) is 0 Å². The molecule has 0 amide bonds. The highest BCUT2D eigenvalue weighted by Gasteiger charge is 2.05. The fraction of sp³-hybridized carbons (Fsp3) is 0.0625. The summed E-state index contributed by atoms with van der Waals surface area (Å²) < 4.78 is 6.55. The lowest BCUT2D eigenvalue weighted by atomic mass is 10.1. The van der Waals surface area contributed by atoms with Crippen molar-refractivity contribution in [2.75, 3.05) is 0 Å². The summed E-state index contributed by atoms with van der Waals surface area (Å²) >= 11 is 9.28. The maximum atomic E-state index is 10.5. The van der Waals surface area contributed by atoms with Crippen LogP contribution >= 0.6 is 27.5 Å². The molecule has 0 aliphatic carbocycles. The molecule has 108 valence electrons. The molecule has 2 aromatic carbocycles. The molecule has 1 N–H and O–H groups in total. The van der Waals surface area contributed by atoms with Gasteiger partial charge in [0.05, 0.1) is 4.47 Å². The topological polar surface area (TPSA) is 46.5 Å². The van der Waals surface area contributed by atoms with Crippen molar-refractivity contribution in [1.29, 1.82) is 0 Å². The normalized spacial score (nSPS) is 10.8. The Hall–Kier alpha value is -1.78. The molecule has 3 nitrogen and oxygen atoms in total. The third-order valence-corrected chi connectivity index (χ3v) is 3.62. The average Bonchev–Trinajstić information content (AvgIpc) is 2.41. The summed E-state index contributed by atoms with van der Waals surface area (Å²) in [5.74, 6) is 0.357. The van der Waals surface area contributed by atoms with Crippen LogP contribution in [0.4, 0.5) is 0 Å². The largest absolute Gasteiger partial charge is 0.478 e. The Bertz CT molecular complexity index is 711. The zero-order valence-corrected chi connectivity index (χ0v) is 13.5. The van der Waals surface area contributed by atoms with Crippen LogP contribution in [0.25, 0.3) is 6.08 Å². The van der Waals surface area contributed by atoms with Gasteiger partial charge in [0.2, 0.25) is 0 Å². The third-order valence-electron chi connectivity index (χ3n) is 2.77. The standard InChI is InChI=1S/C16H12BrClO3/c1-10-8-13(5-2-11(10)3-7-16(19)20)21-15-6-4-12(18)9-14(15)17/h2-9H,1H3,(H,19,20). The van der Waals surface area contributed by atoms with Crippen molar-refractivity contribution in [3.05, 3.63) is 63.1 Å². The number of benzene rings is 2. The summed E-state index contributed by atoms with van der Waals surface area (Å²) in [7, 11) is 0. The number of aliphatic carboxylic acids is 1. The second-order valence-corrected chi connectivity index (χ2v) is 5.66. The molecule has 0 aliphatic rings. The number of carboxylic acid groups (broad SMARTS) is 1. The molecule has 0 unspecified atom stereocenters. The number of hydrogen-bond donors (Lipinski definition) is 1. The Morgan fingerprint density at radius 3 is 2.67 bits per heavy atom. The Balaban J connectivity index is 2.22. The van der Waals surface area contributed by atoms with Crippen LogP contribution in [0.15, 0.2) is 46.9 Å². The quantitative estimate of drug-likeness (QED) is 0.746. The molecular formula is C16H12BrClO3. The number of carboxylic acids is 1. The van der Waals surface area contributed by atoms with E-state index in [0.717, 1.165) is 21.7 Å². The van der Waals surface area contributed by atoms with Gasteiger partial charge in [0.15, 0.2) is 0 Å². The molecule has 0 radical (unpaired) electrons. The first-order valence-corrected chi connectivity index (χ1v) is 7.27. The molecule has 21 heavy (non-hydrogen) atoms. The Labute approximate surface area is 135 Å². The summed E-state index contributed by atoms with van der Waals surface area (Å²) in [4.78, 5) is 10.5. The average molecular weight is 368 g/mol. The minimum absolute atomic E-state index is 0.625. The highest BCUT2D eigenvalue weighted by molar-refractivity contribution is 9.10. The van der Waals surface area contributed by atoms with Crippen molar-refractivity contribution in [3.8, 4) is 11.5 Å². The number of rotatable bonds is 4. The van der Waals surface area contributed by atoms with E-state index < -0.39 is 5.97 Å². The molecular weight excluding hydrogens is 356 g/mol. The van der Waals surface area contributed by atoms with Gasteiger partial charge < -0.3 is 9.84 Å². The molecule has 0 saturated heterocycles. The summed E-state index contributed by atoms with van der Waals surface area (Å²) in [6, 6.07) is 10.7. The molecule has 0 aromatic heterocycles. The van der Waals surface area contributed by atoms with Gasteiger partial charge in [0.25, 0.3) is 0 Å². The maximum absolute atomic E-state index is 10.5. The molecule has 0 aliphatic heterocycles. The van der Waals surface area contributed by atoms with Gasteiger partial charge in [-0.05, 0) is 70.4 Å². The van der Waals surface area contributed by atoms with E-state index in [1.54, 1.807) is 30.3 Å². The van der Waals surface area contributed by atoms with Crippen LogP contribution < -0.4 is 4.74 Å². The van der Waals surface area contributed by atoms with E-state index in [9.17, 15) is 4.79 Å². The second-order valence-electron chi connectivity index (χ2n) is 4.37. The summed E-state index contributed by atoms with van der Waals surface area (Å²) in [6.45, 7) is 1.89. The first-order chi connectivity index (χ1) is 9.95. The van der Waals surface area contributed by atoms with Crippen molar-refractivity contribution in [3.63, 3.8) is 0 Å². The second kappa shape index (κ2) is 6.78. The third kappa shape index (κ3) is 4.34. The molecule has 0 bridgehead atoms. The van der Waals surface area contributed by atoms with Crippen LogP contribution in [-0.4, -0.2) is 11.1 Å². The SMILES string of the molecule is Cc1cc(Oc2ccc(Cl)cc2Br)ccc1C=CC(=O)O. The number of ether oxygens (including phenoxy) is 1. The van der Waals surface area contributed by atoms with Crippen molar-refractivity contribution in [2.45, 2.75) is 6.92 Å². The first-order valence-electron chi connectivity index (χ1n) is 6.10. The van der Waals surface area contributed by atoms with Crippen LogP contribution in [0, 0.1) is 6.92 Å². The van der Waals surface area contributed by atoms with Crippen molar-refractivity contribution >= 4 is 39.6 Å². The maximum Gasteiger partial charge on any atom is 0.328 e. The van der Waals surface area contributed by atoms with Gasteiger partial charge in [-0.15, -0.1) is 0 Å². The van der Waals surface area contributed by atoms with Crippen molar-refractivity contribution < 1.29 is 14.6 Å². The summed E-state index contributed by atoms with van der Waals surface area (Å²) in [5, 5.41) is 9.27. The molecule has 0 heterocycles. The number of halogens is 2. The van der Waals surface area contributed by atoms with Gasteiger partial charge in [0, 0.05) is 11.1 Å². The predicted molar refractivity (Wildman–Crippen MR) is 87.1 cm³/mol. The van der Waals surface area contributed by atoms with Crippen LogP contribution in [0.1, 0.15) is 11.1 Å². The molecule has 5 heteroatoms. The van der Waals surface area contributed by atoms with E-state index in [-0.39, 0.29) is 0 Å². The lowest BCUT2D eigenvalue weighted by molar-refractivity contribution is -0.131. The molecule has 0 fully saturated rings. The zero-order valence-electron chi connectivity index (χ0n) is 11.1. The van der Waals surface area contributed by atoms with E-state index in [2.05, 4.69) is 15.9 Å². The molecule has 0 saturated carbocycles. The highest BCUT2D eigenvalue weighted by Crippen LogP contribution is 2.32.